The number of hydrogen-bond acceptors (Lipinski definition) is 2. The minimum Gasteiger partial charge on any atom is -0.380 e. The van der Waals surface area contributed by atoms with Gasteiger partial charge >= 0.3 is 0 Å². The van der Waals surface area contributed by atoms with Crippen LogP contribution < -0.4 is 5.32 Å². The second kappa shape index (κ2) is 10.5. The maximum absolute atomic E-state index is 11.2. The SMILES string of the molecule is CCCCCC(=O)NCCOCCC. The lowest BCUT2D eigenvalue weighted by Gasteiger charge is -2.05. The number of hydrogen-bond donors (Lipinski definition) is 1. The molecule has 0 aromatic rings. The van der Waals surface area contributed by atoms with Crippen molar-refractivity contribution in [2.75, 3.05) is 19.8 Å². The first-order valence-corrected chi connectivity index (χ1v) is 5.65. The molecule has 0 unspecified atom stereocenters. The molecule has 14 heavy (non-hydrogen) atoms. The Bertz CT molecular complexity index is 137. The molecule has 0 aliphatic carbocycles. The van der Waals surface area contributed by atoms with Crippen LogP contribution >= 0.6 is 0 Å². The fourth-order valence-corrected chi connectivity index (χ4v) is 1.13. The van der Waals surface area contributed by atoms with Gasteiger partial charge in [-0.25, -0.2) is 0 Å². The Balaban J connectivity index is 3.10. The fourth-order valence-electron chi connectivity index (χ4n) is 1.13. The van der Waals surface area contributed by atoms with Crippen molar-refractivity contribution in [2.24, 2.45) is 0 Å². The zero-order chi connectivity index (χ0) is 10.6. The number of amides is 1. The van der Waals surface area contributed by atoms with Gasteiger partial charge in [-0.2, -0.15) is 0 Å². The lowest BCUT2D eigenvalue weighted by atomic mass is 10.2. The third kappa shape index (κ3) is 9.52. The van der Waals surface area contributed by atoms with E-state index in [-0.39, 0.29) is 5.91 Å². The summed E-state index contributed by atoms with van der Waals surface area (Å²) in [5.41, 5.74) is 0. The summed E-state index contributed by atoms with van der Waals surface area (Å²) in [6.07, 6.45) is 4.98. The van der Waals surface area contributed by atoms with Crippen LogP contribution in [-0.2, 0) is 9.53 Å². The predicted molar refractivity (Wildman–Crippen MR) is 58.3 cm³/mol. The molecule has 0 heterocycles. The molecule has 0 spiro atoms. The second-order valence-corrected chi connectivity index (χ2v) is 3.42. The van der Waals surface area contributed by atoms with Crippen LogP contribution in [0.3, 0.4) is 0 Å². The molecule has 0 atom stereocenters. The molecular weight excluding hydrogens is 178 g/mol. The van der Waals surface area contributed by atoms with Gasteiger partial charge in [0.1, 0.15) is 0 Å². The quantitative estimate of drug-likeness (QED) is 0.580. The summed E-state index contributed by atoms with van der Waals surface area (Å²) < 4.78 is 5.24. The number of rotatable bonds is 9. The summed E-state index contributed by atoms with van der Waals surface area (Å²) >= 11 is 0. The van der Waals surface area contributed by atoms with Crippen LogP contribution in [-0.4, -0.2) is 25.7 Å². The fraction of sp³-hybridized carbons (Fsp3) is 0.909. The van der Waals surface area contributed by atoms with Crippen molar-refractivity contribution in [3.63, 3.8) is 0 Å². The molecule has 0 aromatic heterocycles. The Labute approximate surface area is 87.2 Å². The number of unbranched alkanes of at least 4 members (excludes halogenated alkanes) is 2. The first-order chi connectivity index (χ1) is 6.81. The minimum absolute atomic E-state index is 0.151. The van der Waals surface area contributed by atoms with Gasteiger partial charge in [-0.1, -0.05) is 26.7 Å². The van der Waals surface area contributed by atoms with E-state index in [0.717, 1.165) is 32.3 Å². The first-order valence-electron chi connectivity index (χ1n) is 5.65. The highest BCUT2D eigenvalue weighted by Gasteiger charge is 1.98. The lowest BCUT2D eigenvalue weighted by molar-refractivity contribution is -0.121. The Kier molecular flexibility index (Phi) is 10.1. The molecule has 0 fully saturated rings. The van der Waals surface area contributed by atoms with Crippen molar-refractivity contribution in [2.45, 2.75) is 46.0 Å². The summed E-state index contributed by atoms with van der Waals surface area (Å²) in [5.74, 6) is 0.151. The number of carbonyl (C=O) groups excluding carboxylic acids is 1. The summed E-state index contributed by atoms with van der Waals surface area (Å²) in [6, 6.07) is 0. The summed E-state index contributed by atoms with van der Waals surface area (Å²) in [4.78, 5) is 11.2. The van der Waals surface area contributed by atoms with Gasteiger partial charge in [-0.3, -0.25) is 4.79 Å². The monoisotopic (exact) mass is 201 g/mol. The normalized spacial score (nSPS) is 10.1. The second-order valence-electron chi connectivity index (χ2n) is 3.42. The van der Waals surface area contributed by atoms with Gasteiger partial charge in [-0.05, 0) is 12.8 Å². The highest BCUT2D eigenvalue weighted by Crippen LogP contribution is 1.97. The maximum atomic E-state index is 11.2. The molecule has 0 bridgehead atoms. The van der Waals surface area contributed by atoms with Gasteiger partial charge in [0.25, 0.3) is 0 Å². The average molecular weight is 201 g/mol. The van der Waals surface area contributed by atoms with E-state index >= 15 is 0 Å². The highest BCUT2D eigenvalue weighted by atomic mass is 16.5. The summed E-state index contributed by atoms with van der Waals surface area (Å²) in [6.45, 7) is 6.27. The Morgan fingerprint density at radius 1 is 1.14 bits per heavy atom. The topological polar surface area (TPSA) is 38.3 Å². The third-order valence-corrected chi connectivity index (χ3v) is 1.92. The zero-order valence-corrected chi connectivity index (χ0v) is 9.47. The van der Waals surface area contributed by atoms with Gasteiger partial charge in [0.05, 0.1) is 6.61 Å². The van der Waals surface area contributed by atoms with Crippen molar-refractivity contribution in [1.82, 2.24) is 5.32 Å². The Morgan fingerprint density at radius 2 is 1.93 bits per heavy atom. The number of carbonyl (C=O) groups is 1. The van der Waals surface area contributed by atoms with E-state index in [0.29, 0.717) is 19.6 Å². The Morgan fingerprint density at radius 3 is 2.57 bits per heavy atom. The maximum Gasteiger partial charge on any atom is 0.220 e. The molecular formula is C11H23NO2. The molecule has 3 heteroatoms. The van der Waals surface area contributed by atoms with Crippen molar-refractivity contribution < 1.29 is 9.53 Å². The molecule has 0 aliphatic heterocycles. The van der Waals surface area contributed by atoms with Crippen LogP contribution in [0.4, 0.5) is 0 Å². The van der Waals surface area contributed by atoms with Crippen LogP contribution in [0.5, 0.6) is 0 Å². The molecule has 84 valence electrons. The third-order valence-electron chi connectivity index (χ3n) is 1.92. The van der Waals surface area contributed by atoms with Crippen LogP contribution in [0.15, 0.2) is 0 Å². The van der Waals surface area contributed by atoms with Crippen molar-refractivity contribution in [3.8, 4) is 0 Å². The van der Waals surface area contributed by atoms with Crippen LogP contribution in [0.1, 0.15) is 46.0 Å². The average Bonchev–Trinajstić information content (AvgIpc) is 2.18. The molecule has 0 saturated carbocycles. The van der Waals surface area contributed by atoms with Crippen LogP contribution in [0.25, 0.3) is 0 Å². The van der Waals surface area contributed by atoms with Gasteiger partial charge in [0, 0.05) is 19.6 Å². The van der Waals surface area contributed by atoms with Gasteiger partial charge in [0.15, 0.2) is 0 Å². The molecule has 0 rings (SSSR count). The van der Waals surface area contributed by atoms with Gasteiger partial charge in [-0.15, -0.1) is 0 Å². The van der Waals surface area contributed by atoms with E-state index in [2.05, 4.69) is 19.2 Å². The van der Waals surface area contributed by atoms with Crippen molar-refractivity contribution in [1.29, 1.82) is 0 Å². The van der Waals surface area contributed by atoms with E-state index in [9.17, 15) is 4.79 Å². The smallest absolute Gasteiger partial charge is 0.220 e. The molecule has 3 nitrogen and oxygen atoms in total. The summed E-state index contributed by atoms with van der Waals surface area (Å²) in [7, 11) is 0. The van der Waals surface area contributed by atoms with Crippen LogP contribution in [0, 0.1) is 0 Å². The highest BCUT2D eigenvalue weighted by molar-refractivity contribution is 5.75. The molecule has 1 N–H and O–H groups in total. The minimum atomic E-state index is 0.151. The van der Waals surface area contributed by atoms with Crippen molar-refractivity contribution in [3.05, 3.63) is 0 Å². The summed E-state index contributed by atoms with van der Waals surface area (Å²) in [5, 5.41) is 2.84. The number of nitrogens with one attached hydrogen (secondary N) is 1. The molecule has 1 amide bonds. The van der Waals surface area contributed by atoms with Gasteiger partial charge < -0.3 is 10.1 Å². The zero-order valence-electron chi connectivity index (χ0n) is 9.47. The first kappa shape index (κ1) is 13.4. The van der Waals surface area contributed by atoms with E-state index in [1.165, 1.54) is 0 Å². The van der Waals surface area contributed by atoms with Crippen LogP contribution in [0.2, 0.25) is 0 Å². The molecule has 0 aromatic carbocycles. The lowest BCUT2D eigenvalue weighted by Crippen LogP contribution is -2.26. The largest absolute Gasteiger partial charge is 0.380 e. The van der Waals surface area contributed by atoms with Crippen molar-refractivity contribution >= 4 is 5.91 Å². The number of ether oxygens (including phenoxy) is 1. The van der Waals surface area contributed by atoms with E-state index in [4.69, 9.17) is 4.74 Å². The van der Waals surface area contributed by atoms with Gasteiger partial charge in [0.2, 0.25) is 5.91 Å². The molecule has 0 aliphatic rings. The molecule has 0 radical (unpaired) electrons. The molecule has 0 saturated heterocycles. The van der Waals surface area contributed by atoms with E-state index < -0.39 is 0 Å². The van der Waals surface area contributed by atoms with E-state index in [1.54, 1.807) is 0 Å². The predicted octanol–water partition coefficient (Wildman–Crippen LogP) is 2.11. The standard InChI is InChI=1S/C11H23NO2/c1-3-5-6-7-11(13)12-8-10-14-9-4-2/h3-10H2,1-2H3,(H,12,13). The van der Waals surface area contributed by atoms with E-state index in [1.807, 2.05) is 0 Å². The Hall–Kier alpha value is -0.570.